The third-order valence-corrected chi connectivity index (χ3v) is 4.14. The third-order valence-electron chi connectivity index (χ3n) is 3.27. The van der Waals surface area contributed by atoms with Crippen LogP contribution in [0.5, 0.6) is 5.75 Å². The van der Waals surface area contributed by atoms with E-state index >= 15 is 0 Å². The summed E-state index contributed by atoms with van der Waals surface area (Å²) >= 11 is 1.43. The predicted molar refractivity (Wildman–Crippen MR) is 91.0 cm³/mol. The Labute approximate surface area is 138 Å². The van der Waals surface area contributed by atoms with Gasteiger partial charge in [-0.2, -0.15) is 5.26 Å². The van der Waals surface area contributed by atoms with Gasteiger partial charge in [0, 0.05) is 17.0 Å². The van der Waals surface area contributed by atoms with Crippen LogP contribution in [0.15, 0.2) is 46.2 Å². The van der Waals surface area contributed by atoms with Gasteiger partial charge in [0.1, 0.15) is 28.3 Å². The number of ether oxygens (including phenoxy) is 1. The molecule has 0 atom stereocenters. The van der Waals surface area contributed by atoms with Crippen molar-refractivity contribution >= 4 is 23.0 Å². The van der Waals surface area contributed by atoms with Gasteiger partial charge < -0.3 is 9.15 Å². The van der Waals surface area contributed by atoms with E-state index in [0.717, 1.165) is 22.8 Å². The fourth-order valence-electron chi connectivity index (χ4n) is 2.13. The van der Waals surface area contributed by atoms with E-state index in [4.69, 9.17) is 9.15 Å². The van der Waals surface area contributed by atoms with Crippen molar-refractivity contribution in [2.24, 2.45) is 0 Å². The number of benzene rings is 1. The normalized spacial score (nSPS) is 11.3. The summed E-state index contributed by atoms with van der Waals surface area (Å²) in [5.41, 5.74) is 2.26. The zero-order valence-corrected chi connectivity index (χ0v) is 13.6. The second kappa shape index (κ2) is 6.51. The van der Waals surface area contributed by atoms with Gasteiger partial charge >= 0.3 is 0 Å². The number of aryl methyl sites for hydroxylation is 1. The van der Waals surface area contributed by atoms with Gasteiger partial charge in [0.15, 0.2) is 0 Å². The summed E-state index contributed by atoms with van der Waals surface area (Å²) < 4.78 is 10.7. The fourth-order valence-corrected chi connectivity index (χ4v) is 2.92. The van der Waals surface area contributed by atoms with E-state index in [2.05, 4.69) is 11.1 Å². The van der Waals surface area contributed by atoms with E-state index in [0.29, 0.717) is 16.3 Å². The number of rotatable bonds is 4. The van der Waals surface area contributed by atoms with Gasteiger partial charge in [-0.1, -0.05) is 12.1 Å². The summed E-state index contributed by atoms with van der Waals surface area (Å²) in [7, 11) is 1.63. The number of furan rings is 1. The van der Waals surface area contributed by atoms with Crippen LogP contribution in [0.4, 0.5) is 0 Å². The molecule has 0 unspecified atom stereocenters. The maximum atomic E-state index is 9.40. The average Bonchev–Trinajstić information content (AvgIpc) is 3.22. The SMILES string of the molecule is COc1cccc(-c2csc(C(C#N)=Cc3ccc(C)o3)n2)c1. The Kier molecular flexibility index (Phi) is 4.26. The van der Waals surface area contributed by atoms with Crippen molar-refractivity contribution < 1.29 is 9.15 Å². The number of hydrogen-bond acceptors (Lipinski definition) is 5. The number of hydrogen-bond donors (Lipinski definition) is 0. The lowest BCUT2D eigenvalue weighted by molar-refractivity contribution is 0.415. The minimum atomic E-state index is 0.485. The van der Waals surface area contributed by atoms with Crippen LogP contribution in [0, 0.1) is 18.3 Å². The number of thiazole rings is 1. The first kappa shape index (κ1) is 15.1. The molecule has 2 aromatic heterocycles. The molecule has 0 aliphatic heterocycles. The molecule has 0 spiro atoms. The van der Waals surface area contributed by atoms with Crippen molar-refractivity contribution in [3.05, 3.63) is 58.3 Å². The summed E-state index contributed by atoms with van der Waals surface area (Å²) in [4.78, 5) is 4.56. The molecule has 0 aliphatic rings. The maximum Gasteiger partial charge on any atom is 0.134 e. The molecule has 0 aliphatic carbocycles. The lowest BCUT2D eigenvalue weighted by Gasteiger charge is -2.01. The van der Waals surface area contributed by atoms with Gasteiger partial charge in [0.05, 0.1) is 18.4 Å². The van der Waals surface area contributed by atoms with Gasteiger partial charge in [-0.3, -0.25) is 0 Å². The molecular weight excluding hydrogens is 308 g/mol. The number of nitriles is 1. The van der Waals surface area contributed by atoms with Crippen LogP contribution in [0.1, 0.15) is 16.5 Å². The van der Waals surface area contributed by atoms with Gasteiger partial charge in [-0.25, -0.2) is 4.98 Å². The van der Waals surface area contributed by atoms with Gasteiger partial charge in [-0.05, 0) is 31.2 Å². The van der Waals surface area contributed by atoms with Crippen molar-refractivity contribution in [1.82, 2.24) is 4.98 Å². The zero-order chi connectivity index (χ0) is 16.2. The predicted octanol–water partition coefficient (Wildman–Crippen LogP) is 4.78. The fraction of sp³-hybridized carbons (Fsp3) is 0.111. The molecule has 0 fully saturated rings. The minimum Gasteiger partial charge on any atom is -0.497 e. The molecule has 1 aromatic carbocycles. The zero-order valence-electron chi connectivity index (χ0n) is 12.7. The highest BCUT2D eigenvalue weighted by Gasteiger charge is 2.10. The summed E-state index contributed by atoms with van der Waals surface area (Å²) in [6.07, 6.45) is 1.71. The largest absolute Gasteiger partial charge is 0.497 e. The Morgan fingerprint density at radius 2 is 2.22 bits per heavy atom. The topological polar surface area (TPSA) is 59.0 Å². The van der Waals surface area contributed by atoms with Gasteiger partial charge in [-0.15, -0.1) is 11.3 Å². The number of aromatic nitrogens is 1. The van der Waals surface area contributed by atoms with E-state index in [1.54, 1.807) is 13.2 Å². The van der Waals surface area contributed by atoms with Crippen LogP contribution in [-0.4, -0.2) is 12.1 Å². The smallest absolute Gasteiger partial charge is 0.134 e. The number of methoxy groups -OCH3 is 1. The highest BCUT2D eigenvalue weighted by Crippen LogP contribution is 2.29. The van der Waals surface area contributed by atoms with Crippen molar-refractivity contribution in [2.45, 2.75) is 6.92 Å². The number of allylic oxidation sites excluding steroid dienone is 1. The Morgan fingerprint density at radius 1 is 1.35 bits per heavy atom. The molecule has 0 amide bonds. The molecule has 0 saturated carbocycles. The highest BCUT2D eigenvalue weighted by molar-refractivity contribution is 7.11. The molecule has 114 valence electrons. The van der Waals surface area contributed by atoms with Crippen LogP contribution in [0.2, 0.25) is 0 Å². The monoisotopic (exact) mass is 322 g/mol. The first-order chi connectivity index (χ1) is 11.2. The molecule has 4 nitrogen and oxygen atoms in total. The van der Waals surface area contributed by atoms with Crippen molar-refractivity contribution in [3.63, 3.8) is 0 Å². The molecule has 5 heteroatoms. The summed E-state index contributed by atoms with van der Waals surface area (Å²) in [5, 5.41) is 12.0. The maximum absolute atomic E-state index is 9.40. The van der Waals surface area contributed by atoms with E-state index in [9.17, 15) is 5.26 Å². The first-order valence-electron chi connectivity index (χ1n) is 6.98. The molecular formula is C18H14N2O2S. The first-order valence-corrected chi connectivity index (χ1v) is 7.86. The average molecular weight is 322 g/mol. The molecule has 3 aromatic rings. The highest BCUT2D eigenvalue weighted by atomic mass is 32.1. The van der Waals surface area contributed by atoms with Crippen molar-refractivity contribution in [1.29, 1.82) is 5.26 Å². The Morgan fingerprint density at radius 3 is 2.91 bits per heavy atom. The quantitative estimate of drug-likeness (QED) is 0.648. The lowest BCUT2D eigenvalue weighted by atomic mass is 10.1. The molecule has 3 rings (SSSR count). The molecule has 23 heavy (non-hydrogen) atoms. The van der Waals surface area contributed by atoms with Crippen LogP contribution < -0.4 is 4.74 Å². The second-order valence-corrected chi connectivity index (χ2v) is 5.75. The standard InChI is InChI=1S/C18H14N2O2S/c1-12-6-7-16(22-12)9-14(10-19)18-20-17(11-23-18)13-4-3-5-15(8-13)21-2/h3-9,11H,1-2H3. The molecule has 0 saturated heterocycles. The van der Waals surface area contributed by atoms with Crippen molar-refractivity contribution in [3.8, 4) is 23.1 Å². The third kappa shape index (κ3) is 3.33. The van der Waals surface area contributed by atoms with Crippen LogP contribution in [0.3, 0.4) is 0 Å². The molecule has 0 radical (unpaired) electrons. The van der Waals surface area contributed by atoms with Crippen LogP contribution in [0.25, 0.3) is 22.9 Å². The van der Waals surface area contributed by atoms with E-state index in [-0.39, 0.29) is 0 Å². The van der Waals surface area contributed by atoms with E-state index in [1.165, 1.54) is 11.3 Å². The van der Waals surface area contributed by atoms with Crippen molar-refractivity contribution in [2.75, 3.05) is 7.11 Å². The molecule has 0 bridgehead atoms. The number of nitrogens with zero attached hydrogens (tertiary/aromatic N) is 2. The Hall–Kier alpha value is -2.84. The van der Waals surface area contributed by atoms with Gasteiger partial charge in [0.2, 0.25) is 0 Å². The minimum absolute atomic E-state index is 0.485. The molecule has 2 heterocycles. The summed E-state index contributed by atoms with van der Waals surface area (Å²) in [6.45, 7) is 1.87. The van der Waals surface area contributed by atoms with Crippen LogP contribution >= 0.6 is 11.3 Å². The van der Waals surface area contributed by atoms with Crippen LogP contribution in [-0.2, 0) is 0 Å². The molecule has 0 N–H and O–H groups in total. The van der Waals surface area contributed by atoms with E-state index < -0.39 is 0 Å². The summed E-state index contributed by atoms with van der Waals surface area (Å²) in [6, 6.07) is 13.6. The second-order valence-electron chi connectivity index (χ2n) is 4.89. The Bertz CT molecular complexity index is 900. The summed E-state index contributed by atoms with van der Waals surface area (Å²) in [5.74, 6) is 2.24. The van der Waals surface area contributed by atoms with Gasteiger partial charge in [0.25, 0.3) is 0 Å². The Balaban J connectivity index is 1.94. The van der Waals surface area contributed by atoms with E-state index in [1.807, 2.05) is 48.7 Å². The lowest BCUT2D eigenvalue weighted by Crippen LogP contribution is -1.85.